The van der Waals surface area contributed by atoms with Crippen LogP contribution in [0.25, 0.3) is 0 Å². The molecule has 0 fully saturated rings. The number of hydrogen-bond donors (Lipinski definition) is 4. The van der Waals surface area contributed by atoms with Crippen LogP contribution in [0.2, 0.25) is 0 Å². The lowest BCUT2D eigenvalue weighted by Gasteiger charge is -2.30. The molecule has 0 spiro atoms. The molecule has 0 radical (unpaired) electrons. The van der Waals surface area contributed by atoms with Gasteiger partial charge >= 0.3 is 12.1 Å². The predicted octanol–water partition coefficient (Wildman–Crippen LogP) is 3.08. The number of ether oxygens (including phenoxy) is 2. The van der Waals surface area contributed by atoms with Crippen molar-refractivity contribution in [1.82, 2.24) is 15.6 Å². The second-order valence-corrected chi connectivity index (χ2v) is 9.41. The van der Waals surface area contributed by atoms with Gasteiger partial charge in [-0.15, -0.1) is 0 Å². The average molecular weight is 455 g/mol. The van der Waals surface area contributed by atoms with Crippen LogP contribution in [0.4, 0.5) is 15.3 Å². The fraction of sp³-hybridized carbons (Fsp3) is 0.458. The summed E-state index contributed by atoms with van der Waals surface area (Å²) >= 11 is 0. The van der Waals surface area contributed by atoms with E-state index in [0.717, 1.165) is 24.1 Å². The largest absolute Gasteiger partial charge is 0.491 e. The van der Waals surface area contributed by atoms with Gasteiger partial charge in [0.05, 0.1) is 17.9 Å². The van der Waals surface area contributed by atoms with Crippen molar-refractivity contribution >= 4 is 17.8 Å². The summed E-state index contributed by atoms with van der Waals surface area (Å²) in [7, 11) is 0. The van der Waals surface area contributed by atoms with Gasteiger partial charge in [0, 0.05) is 17.3 Å². The van der Waals surface area contributed by atoms with E-state index in [0.29, 0.717) is 23.4 Å². The Kier molecular flexibility index (Phi) is 6.42. The van der Waals surface area contributed by atoms with E-state index in [4.69, 9.17) is 9.47 Å². The summed E-state index contributed by atoms with van der Waals surface area (Å²) in [6.07, 6.45) is 2.42. The maximum absolute atomic E-state index is 12.6. The summed E-state index contributed by atoms with van der Waals surface area (Å²) in [4.78, 5) is 29.1. The van der Waals surface area contributed by atoms with Crippen LogP contribution >= 0.6 is 0 Å². The number of rotatable bonds is 3. The van der Waals surface area contributed by atoms with E-state index < -0.39 is 29.9 Å². The van der Waals surface area contributed by atoms with E-state index in [1.54, 1.807) is 18.3 Å². The number of urea groups is 1. The quantitative estimate of drug-likeness (QED) is 0.566. The van der Waals surface area contributed by atoms with Gasteiger partial charge in [0.15, 0.2) is 0 Å². The van der Waals surface area contributed by atoms with E-state index in [1.165, 1.54) is 0 Å². The molecule has 176 valence electrons. The lowest BCUT2D eigenvalue weighted by atomic mass is 9.91. The van der Waals surface area contributed by atoms with Crippen molar-refractivity contribution in [3.05, 3.63) is 53.3 Å². The fourth-order valence-corrected chi connectivity index (χ4v) is 4.08. The zero-order valence-corrected chi connectivity index (χ0v) is 19.1. The highest BCUT2D eigenvalue weighted by Crippen LogP contribution is 2.31. The first kappa shape index (κ1) is 22.8. The second-order valence-electron chi connectivity index (χ2n) is 9.41. The molecule has 4 rings (SSSR count). The van der Waals surface area contributed by atoms with Crippen molar-refractivity contribution in [3.8, 4) is 5.75 Å². The number of pyridine rings is 1. The Bertz CT molecular complexity index is 1040. The molecule has 3 atom stereocenters. The number of aliphatic hydroxyl groups is 1. The van der Waals surface area contributed by atoms with Crippen molar-refractivity contribution in [2.24, 2.45) is 0 Å². The van der Waals surface area contributed by atoms with Crippen molar-refractivity contribution in [2.45, 2.75) is 63.8 Å². The van der Waals surface area contributed by atoms with Crippen LogP contribution in [-0.2, 0) is 17.6 Å². The standard InChI is InChI=1S/C24H30N4O5/c1-24(2,3)33-23(31)27-15-8-9-18-14(10-15)11-16(12-25-18)26-22(30)28-19-13-32-20-7-5-4-6-17(20)21(19)29/h4-7,11-12,15,19,21,29H,8-10,13H2,1-3H3,(H,27,31)(H2,26,28,30). The van der Waals surface area contributed by atoms with Crippen LogP contribution in [0.5, 0.6) is 5.75 Å². The molecule has 9 nitrogen and oxygen atoms in total. The molecule has 9 heteroatoms. The molecule has 2 aliphatic rings. The number of para-hydroxylation sites is 1. The topological polar surface area (TPSA) is 122 Å². The Morgan fingerprint density at radius 3 is 2.79 bits per heavy atom. The van der Waals surface area contributed by atoms with Gasteiger partial charge in [-0.3, -0.25) is 4.98 Å². The van der Waals surface area contributed by atoms with Gasteiger partial charge in [0.25, 0.3) is 0 Å². The predicted molar refractivity (Wildman–Crippen MR) is 122 cm³/mol. The normalized spacial score (nSPS) is 21.6. The number of fused-ring (bicyclic) bond motifs is 2. The minimum Gasteiger partial charge on any atom is -0.491 e. The van der Waals surface area contributed by atoms with Crippen LogP contribution in [-0.4, -0.2) is 46.5 Å². The molecule has 2 heterocycles. The lowest BCUT2D eigenvalue weighted by molar-refractivity contribution is 0.0500. The molecule has 4 N–H and O–H groups in total. The monoisotopic (exact) mass is 454 g/mol. The van der Waals surface area contributed by atoms with Gasteiger partial charge in [-0.25, -0.2) is 9.59 Å². The summed E-state index contributed by atoms with van der Waals surface area (Å²) in [5, 5.41) is 19.0. The van der Waals surface area contributed by atoms with Gasteiger partial charge in [-0.1, -0.05) is 18.2 Å². The Hall–Kier alpha value is -3.33. The number of alkyl carbamates (subject to hydrolysis) is 1. The lowest BCUT2D eigenvalue weighted by Crippen LogP contribution is -2.47. The van der Waals surface area contributed by atoms with Crippen molar-refractivity contribution in [2.75, 3.05) is 11.9 Å². The van der Waals surface area contributed by atoms with Crippen molar-refractivity contribution in [3.63, 3.8) is 0 Å². The zero-order valence-electron chi connectivity index (χ0n) is 19.1. The van der Waals surface area contributed by atoms with Gasteiger partial charge in [0.2, 0.25) is 0 Å². The molecule has 3 amide bonds. The van der Waals surface area contributed by atoms with E-state index in [1.807, 2.05) is 39.0 Å². The van der Waals surface area contributed by atoms with Crippen LogP contribution in [0, 0.1) is 0 Å². The molecule has 1 aliphatic carbocycles. The Labute approximate surface area is 192 Å². The maximum Gasteiger partial charge on any atom is 0.407 e. The average Bonchev–Trinajstić information content (AvgIpc) is 2.74. The Balaban J connectivity index is 1.35. The number of carbonyl (C=O) groups is 2. The number of anilines is 1. The number of benzene rings is 1. The first-order valence-corrected chi connectivity index (χ1v) is 11.1. The van der Waals surface area contributed by atoms with Crippen LogP contribution < -0.4 is 20.7 Å². The third kappa shape index (κ3) is 5.73. The first-order valence-electron chi connectivity index (χ1n) is 11.1. The highest BCUT2D eigenvalue weighted by molar-refractivity contribution is 5.89. The fourth-order valence-electron chi connectivity index (χ4n) is 4.08. The van der Waals surface area contributed by atoms with Crippen LogP contribution in [0.1, 0.15) is 50.1 Å². The molecule has 0 saturated carbocycles. The van der Waals surface area contributed by atoms with Crippen molar-refractivity contribution < 1.29 is 24.2 Å². The molecule has 0 bridgehead atoms. The molecular weight excluding hydrogens is 424 g/mol. The zero-order chi connectivity index (χ0) is 23.6. The number of nitrogens with one attached hydrogen (secondary N) is 3. The Morgan fingerprint density at radius 1 is 1.21 bits per heavy atom. The maximum atomic E-state index is 12.6. The summed E-state index contributed by atoms with van der Waals surface area (Å²) in [5.41, 5.74) is 2.55. The van der Waals surface area contributed by atoms with Crippen LogP contribution in [0.3, 0.4) is 0 Å². The summed E-state index contributed by atoms with van der Waals surface area (Å²) in [6, 6.07) is 8.00. The number of nitrogens with zero attached hydrogens (tertiary/aromatic N) is 1. The number of amides is 3. The van der Waals surface area contributed by atoms with E-state index in [-0.39, 0.29) is 12.6 Å². The van der Waals surface area contributed by atoms with Gasteiger partial charge in [0.1, 0.15) is 24.1 Å². The minimum atomic E-state index is -0.859. The number of aliphatic hydroxyl groups excluding tert-OH is 1. The number of aromatic nitrogens is 1. The summed E-state index contributed by atoms with van der Waals surface area (Å²) in [6.45, 7) is 5.65. The number of carbonyl (C=O) groups excluding carboxylic acids is 2. The molecule has 1 aliphatic heterocycles. The van der Waals surface area contributed by atoms with E-state index >= 15 is 0 Å². The highest BCUT2D eigenvalue weighted by atomic mass is 16.6. The molecule has 0 saturated heterocycles. The smallest absolute Gasteiger partial charge is 0.407 e. The number of hydrogen-bond acceptors (Lipinski definition) is 6. The third-order valence-corrected chi connectivity index (χ3v) is 5.59. The summed E-state index contributed by atoms with van der Waals surface area (Å²) < 4.78 is 11.0. The Morgan fingerprint density at radius 2 is 2.00 bits per heavy atom. The molecular formula is C24H30N4O5. The van der Waals surface area contributed by atoms with Crippen molar-refractivity contribution in [1.29, 1.82) is 0 Å². The number of aryl methyl sites for hydroxylation is 1. The van der Waals surface area contributed by atoms with E-state index in [9.17, 15) is 14.7 Å². The molecule has 1 aromatic heterocycles. The van der Waals surface area contributed by atoms with Gasteiger partial charge in [-0.05, 0) is 57.7 Å². The molecule has 2 aromatic rings. The summed E-state index contributed by atoms with van der Waals surface area (Å²) in [5.74, 6) is 0.622. The first-order chi connectivity index (χ1) is 15.7. The molecule has 3 unspecified atom stereocenters. The van der Waals surface area contributed by atoms with Crippen LogP contribution in [0.15, 0.2) is 36.5 Å². The van der Waals surface area contributed by atoms with Gasteiger partial charge in [-0.2, -0.15) is 0 Å². The molecule has 1 aromatic carbocycles. The third-order valence-electron chi connectivity index (χ3n) is 5.59. The highest BCUT2D eigenvalue weighted by Gasteiger charge is 2.30. The molecule has 33 heavy (non-hydrogen) atoms. The van der Waals surface area contributed by atoms with E-state index in [2.05, 4.69) is 20.9 Å². The van der Waals surface area contributed by atoms with Gasteiger partial charge < -0.3 is 30.5 Å². The minimum absolute atomic E-state index is 0.0622. The SMILES string of the molecule is CC(C)(C)OC(=O)NC1CCc2ncc(NC(=O)NC3COc4ccccc4C3O)cc2C1. The second kappa shape index (κ2) is 9.27.